The van der Waals surface area contributed by atoms with Gasteiger partial charge in [-0.05, 0) is 60.2 Å². The topological polar surface area (TPSA) is 80.6 Å². The van der Waals surface area contributed by atoms with Crippen LogP contribution < -0.4 is 15.0 Å². The highest BCUT2D eigenvalue weighted by molar-refractivity contribution is 6.39. The van der Waals surface area contributed by atoms with Gasteiger partial charge in [-0.15, -0.1) is 0 Å². The summed E-state index contributed by atoms with van der Waals surface area (Å²) in [6, 6.07) is 23.5. The largest absolute Gasteiger partial charge is 0.494 e. The number of amides is 4. The molecule has 1 fully saturated rings. The number of carbonyl (C=O) groups is 3. The maximum Gasteiger partial charge on any atom is 0.335 e. The van der Waals surface area contributed by atoms with Gasteiger partial charge in [0.25, 0.3) is 11.8 Å². The Hall–Kier alpha value is -4.65. The van der Waals surface area contributed by atoms with Gasteiger partial charge in [-0.25, -0.2) is 9.69 Å². The van der Waals surface area contributed by atoms with Crippen molar-refractivity contribution in [2.75, 3.05) is 11.5 Å². The van der Waals surface area contributed by atoms with E-state index >= 15 is 0 Å². The summed E-state index contributed by atoms with van der Waals surface area (Å²) in [5.41, 5.74) is 1.70. The van der Waals surface area contributed by atoms with Crippen LogP contribution in [-0.4, -0.2) is 29.0 Å². The molecule has 0 radical (unpaired) electrons. The second-order valence-corrected chi connectivity index (χ2v) is 7.72. The van der Waals surface area contributed by atoms with Crippen LogP contribution in [0.5, 0.6) is 5.75 Å². The number of carbonyl (C=O) groups excluding carboxylic acids is 3. The molecule has 1 aliphatic heterocycles. The highest BCUT2D eigenvalue weighted by Crippen LogP contribution is 2.27. The molecule has 0 aliphatic carbocycles. The van der Waals surface area contributed by atoms with E-state index in [1.54, 1.807) is 30.3 Å². The molecule has 3 aromatic carbocycles. The Morgan fingerprint density at radius 3 is 2.50 bits per heavy atom. The van der Waals surface area contributed by atoms with E-state index < -0.39 is 17.8 Å². The van der Waals surface area contributed by atoms with E-state index in [-0.39, 0.29) is 5.57 Å². The van der Waals surface area contributed by atoms with Gasteiger partial charge in [0.15, 0.2) is 0 Å². The second kappa shape index (κ2) is 8.71. The van der Waals surface area contributed by atoms with Crippen LogP contribution in [0.25, 0.3) is 22.5 Å². The minimum absolute atomic E-state index is 0.137. The smallest absolute Gasteiger partial charge is 0.335 e. The summed E-state index contributed by atoms with van der Waals surface area (Å²) in [4.78, 5) is 39.4. The summed E-state index contributed by atoms with van der Waals surface area (Å²) in [6.07, 6.45) is 3.36. The van der Waals surface area contributed by atoms with Crippen LogP contribution in [0.1, 0.15) is 12.6 Å². The average molecular weight is 451 g/mol. The van der Waals surface area contributed by atoms with Crippen molar-refractivity contribution in [1.82, 2.24) is 9.88 Å². The standard InChI is InChI=1S/C27H21N3O4/c1-2-34-23-11-5-9-22(16-23)30-26(32)24(25(31)28-27(30)33)17-20-10-6-14-29(20)21-13-12-18-7-3-4-8-19(18)15-21/h3-17H,2H2,1H3,(H,28,31,33)/b24-17+. The lowest BCUT2D eigenvalue weighted by atomic mass is 10.1. The van der Waals surface area contributed by atoms with Gasteiger partial charge in [0.1, 0.15) is 11.3 Å². The van der Waals surface area contributed by atoms with Gasteiger partial charge in [-0.3, -0.25) is 14.9 Å². The number of nitrogens with zero attached hydrogens (tertiary/aromatic N) is 2. The molecule has 7 nitrogen and oxygen atoms in total. The molecule has 4 amide bonds. The number of urea groups is 1. The van der Waals surface area contributed by atoms with E-state index in [1.807, 2.05) is 66.2 Å². The summed E-state index contributed by atoms with van der Waals surface area (Å²) in [6.45, 7) is 2.29. The van der Waals surface area contributed by atoms with Crippen molar-refractivity contribution >= 4 is 40.4 Å². The molecule has 1 N–H and O–H groups in total. The molecule has 1 aromatic heterocycles. The van der Waals surface area contributed by atoms with Crippen molar-refractivity contribution in [1.29, 1.82) is 0 Å². The van der Waals surface area contributed by atoms with E-state index in [2.05, 4.69) is 5.32 Å². The Morgan fingerprint density at radius 2 is 1.68 bits per heavy atom. The van der Waals surface area contributed by atoms with E-state index in [4.69, 9.17) is 4.74 Å². The van der Waals surface area contributed by atoms with E-state index in [0.29, 0.717) is 23.7 Å². The van der Waals surface area contributed by atoms with Crippen LogP contribution in [0.2, 0.25) is 0 Å². The van der Waals surface area contributed by atoms with E-state index in [0.717, 1.165) is 21.4 Å². The van der Waals surface area contributed by atoms with Crippen LogP contribution in [0, 0.1) is 0 Å². The van der Waals surface area contributed by atoms with Crippen molar-refractivity contribution < 1.29 is 19.1 Å². The molecule has 4 aromatic rings. The molecule has 2 heterocycles. The minimum atomic E-state index is -0.800. The molecule has 34 heavy (non-hydrogen) atoms. The lowest BCUT2D eigenvalue weighted by Crippen LogP contribution is -2.54. The molecule has 168 valence electrons. The summed E-state index contributed by atoms with van der Waals surface area (Å²) in [7, 11) is 0. The fourth-order valence-electron chi connectivity index (χ4n) is 3.99. The SMILES string of the molecule is CCOc1cccc(N2C(=O)NC(=O)/C(=C\c3cccn3-c3ccc4ccccc4c3)C2=O)c1. The maximum atomic E-state index is 13.3. The molecule has 1 saturated heterocycles. The number of ether oxygens (including phenoxy) is 1. The Morgan fingerprint density at radius 1 is 0.853 bits per heavy atom. The number of rotatable bonds is 5. The van der Waals surface area contributed by atoms with Crippen LogP contribution in [0.4, 0.5) is 10.5 Å². The molecule has 0 atom stereocenters. The van der Waals surface area contributed by atoms with Crippen LogP contribution in [-0.2, 0) is 9.59 Å². The number of imide groups is 2. The third kappa shape index (κ3) is 3.84. The quantitative estimate of drug-likeness (QED) is 0.352. The van der Waals surface area contributed by atoms with Crippen molar-refractivity contribution in [3.05, 3.63) is 96.3 Å². The summed E-state index contributed by atoms with van der Waals surface area (Å²) in [5.74, 6) is -0.916. The third-order valence-corrected chi connectivity index (χ3v) is 5.57. The Kier molecular flexibility index (Phi) is 5.43. The molecule has 7 heteroatoms. The fraction of sp³-hybridized carbons (Fsp3) is 0.0741. The van der Waals surface area contributed by atoms with Crippen LogP contribution >= 0.6 is 0 Å². The summed E-state index contributed by atoms with van der Waals surface area (Å²) >= 11 is 0. The van der Waals surface area contributed by atoms with Crippen molar-refractivity contribution in [2.24, 2.45) is 0 Å². The van der Waals surface area contributed by atoms with Gasteiger partial charge in [0.05, 0.1) is 12.3 Å². The number of hydrogen-bond donors (Lipinski definition) is 1. The molecular formula is C27H21N3O4. The Balaban J connectivity index is 1.53. The van der Waals surface area contributed by atoms with Crippen LogP contribution in [0.15, 0.2) is 90.6 Å². The first-order valence-electron chi connectivity index (χ1n) is 10.9. The zero-order valence-corrected chi connectivity index (χ0v) is 18.4. The predicted octanol–water partition coefficient (Wildman–Crippen LogP) is 4.70. The van der Waals surface area contributed by atoms with Gasteiger partial charge < -0.3 is 9.30 Å². The van der Waals surface area contributed by atoms with E-state index in [9.17, 15) is 14.4 Å². The van der Waals surface area contributed by atoms with Crippen molar-refractivity contribution in [2.45, 2.75) is 6.92 Å². The van der Waals surface area contributed by atoms with Crippen molar-refractivity contribution in [3.8, 4) is 11.4 Å². The normalized spacial score (nSPS) is 15.1. The lowest BCUT2D eigenvalue weighted by Gasteiger charge is -2.26. The van der Waals surface area contributed by atoms with Gasteiger partial charge in [0.2, 0.25) is 0 Å². The van der Waals surface area contributed by atoms with Gasteiger partial charge in [-0.1, -0.05) is 36.4 Å². The second-order valence-electron chi connectivity index (χ2n) is 7.72. The third-order valence-electron chi connectivity index (χ3n) is 5.57. The van der Waals surface area contributed by atoms with Gasteiger partial charge in [-0.2, -0.15) is 0 Å². The molecule has 0 saturated carbocycles. The molecule has 1 aliphatic rings. The van der Waals surface area contributed by atoms with Crippen LogP contribution in [0.3, 0.4) is 0 Å². The Bertz CT molecular complexity index is 1470. The summed E-state index contributed by atoms with van der Waals surface area (Å²) in [5, 5.41) is 4.45. The first kappa shape index (κ1) is 21.2. The zero-order valence-electron chi connectivity index (χ0n) is 18.4. The number of benzene rings is 3. The van der Waals surface area contributed by atoms with Gasteiger partial charge in [0, 0.05) is 23.6 Å². The number of anilines is 1. The minimum Gasteiger partial charge on any atom is -0.494 e. The number of fused-ring (bicyclic) bond motifs is 1. The monoisotopic (exact) mass is 451 g/mol. The fourth-order valence-corrected chi connectivity index (χ4v) is 3.99. The lowest BCUT2D eigenvalue weighted by molar-refractivity contribution is -0.122. The molecule has 0 bridgehead atoms. The average Bonchev–Trinajstić information content (AvgIpc) is 3.30. The molecule has 5 rings (SSSR count). The number of hydrogen-bond acceptors (Lipinski definition) is 4. The first-order chi connectivity index (χ1) is 16.5. The number of barbiturate groups is 1. The number of aromatic nitrogens is 1. The highest BCUT2D eigenvalue weighted by Gasteiger charge is 2.37. The predicted molar refractivity (Wildman–Crippen MR) is 130 cm³/mol. The molecule has 0 unspecified atom stereocenters. The molecular weight excluding hydrogens is 430 g/mol. The maximum absolute atomic E-state index is 13.3. The van der Waals surface area contributed by atoms with E-state index in [1.165, 1.54) is 6.08 Å². The Labute approximate surface area is 195 Å². The first-order valence-corrected chi connectivity index (χ1v) is 10.9. The zero-order chi connectivity index (χ0) is 23.7. The summed E-state index contributed by atoms with van der Waals surface area (Å²) < 4.78 is 7.37. The van der Waals surface area contributed by atoms with Gasteiger partial charge >= 0.3 is 6.03 Å². The van der Waals surface area contributed by atoms with Crippen molar-refractivity contribution in [3.63, 3.8) is 0 Å². The molecule has 0 spiro atoms. The highest BCUT2D eigenvalue weighted by atomic mass is 16.5. The number of nitrogens with one attached hydrogen (secondary N) is 1.